The topological polar surface area (TPSA) is 92.3 Å². The number of rotatable bonds is 7. The minimum absolute atomic E-state index is 0.00296. The second-order valence-electron chi connectivity index (χ2n) is 4.03. The molecule has 1 aromatic heterocycles. The number of hydrogen-bond acceptors (Lipinski definition) is 5. The second-order valence-corrected chi connectivity index (χ2v) is 4.03. The van der Waals surface area contributed by atoms with E-state index in [4.69, 9.17) is 15.2 Å². The zero-order chi connectivity index (χ0) is 13.7. The van der Waals surface area contributed by atoms with Crippen LogP contribution in [0.4, 0.5) is 0 Å². The molecule has 0 saturated heterocycles. The molecule has 7 nitrogen and oxygen atoms in total. The Morgan fingerprint density at radius 3 is 2.61 bits per heavy atom. The Morgan fingerprint density at radius 1 is 1.50 bits per heavy atom. The van der Waals surface area contributed by atoms with Crippen LogP contribution < -0.4 is 5.73 Å². The van der Waals surface area contributed by atoms with Crippen molar-refractivity contribution in [1.29, 1.82) is 0 Å². The number of nitrogens with two attached hydrogens (primary N) is 1. The first-order valence-electron chi connectivity index (χ1n) is 5.83. The minimum atomic E-state index is -0.604. The van der Waals surface area contributed by atoms with Crippen LogP contribution in [0.2, 0.25) is 0 Å². The van der Waals surface area contributed by atoms with Gasteiger partial charge in [0.25, 0.3) is 5.91 Å². The summed E-state index contributed by atoms with van der Waals surface area (Å²) >= 11 is 0. The molecular weight excluding hydrogens is 236 g/mol. The summed E-state index contributed by atoms with van der Waals surface area (Å²) in [5.41, 5.74) is 6.04. The van der Waals surface area contributed by atoms with Crippen molar-refractivity contribution in [3.8, 4) is 0 Å². The molecule has 0 aliphatic rings. The zero-order valence-electron chi connectivity index (χ0n) is 11.2. The SMILES string of the molecule is CCC(COC)n1nnc(C(N)=O)c1C(C)OC. The van der Waals surface area contributed by atoms with Gasteiger partial charge in [-0.25, -0.2) is 4.68 Å². The summed E-state index contributed by atoms with van der Waals surface area (Å²) in [7, 11) is 3.18. The molecule has 2 unspecified atom stereocenters. The number of ether oxygens (including phenoxy) is 2. The molecule has 0 bridgehead atoms. The summed E-state index contributed by atoms with van der Waals surface area (Å²) in [4.78, 5) is 11.3. The first kappa shape index (κ1) is 14.6. The van der Waals surface area contributed by atoms with E-state index in [2.05, 4.69) is 10.3 Å². The Hall–Kier alpha value is -1.47. The lowest BCUT2D eigenvalue weighted by atomic mass is 10.1. The van der Waals surface area contributed by atoms with E-state index in [-0.39, 0.29) is 17.8 Å². The molecule has 2 N–H and O–H groups in total. The smallest absolute Gasteiger partial charge is 0.271 e. The van der Waals surface area contributed by atoms with Gasteiger partial charge in [0.2, 0.25) is 0 Å². The molecule has 1 rings (SSSR count). The number of amides is 1. The van der Waals surface area contributed by atoms with E-state index in [0.717, 1.165) is 6.42 Å². The number of hydrogen-bond donors (Lipinski definition) is 1. The highest BCUT2D eigenvalue weighted by Gasteiger charge is 2.25. The molecule has 7 heteroatoms. The van der Waals surface area contributed by atoms with Gasteiger partial charge in [0, 0.05) is 14.2 Å². The Labute approximate surface area is 106 Å². The standard InChI is InChI=1S/C11H20N4O3/c1-5-8(6-17-3)15-10(7(2)18-4)9(11(12)16)13-14-15/h7-8H,5-6H2,1-4H3,(H2,12,16). The summed E-state index contributed by atoms with van der Waals surface area (Å²) in [5.74, 6) is -0.604. The fraction of sp³-hybridized carbons (Fsp3) is 0.727. The van der Waals surface area contributed by atoms with E-state index < -0.39 is 5.91 Å². The molecule has 0 aliphatic heterocycles. The van der Waals surface area contributed by atoms with Crippen LogP contribution in [0.25, 0.3) is 0 Å². The average molecular weight is 256 g/mol. The van der Waals surface area contributed by atoms with Crippen LogP contribution in [-0.2, 0) is 9.47 Å². The molecular formula is C11H20N4O3. The van der Waals surface area contributed by atoms with E-state index >= 15 is 0 Å². The van der Waals surface area contributed by atoms with Crippen LogP contribution in [0.3, 0.4) is 0 Å². The van der Waals surface area contributed by atoms with Crippen LogP contribution in [-0.4, -0.2) is 41.7 Å². The van der Waals surface area contributed by atoms with E-state index in [0.29, 0.717) is 12.3 Å². The molecule has 0 aliphatic carbocycles. The third-order valence-corrected chi connectivity index (χ3v) is 2.88. The normalized spacial score (nSPS) is 14.4. The quantitative estimate of drug-likeness (QED) is 0.774. The highest BCUT2D eigenvalue weighted by Crippen LogP contribution is 2.23. The van der Waals surface area contributed by atoms with Gasteiger partial charge in [0.1, 0.15) is 5.69 Å². The summed E-state index contributed by atoms with van der Waals surface area (Å²) in [6.45, 7) is 4.32. The predicted octanol–water partition coefficient (Wildman–Crippen LogP) is 0.682. The zero-order valence-corrected chi connectivity index (χ0v) is 11.2. The van der Waals surface area contributed by atoms with E-state index in [1.165, 1.54) is 0 Å². The molecule has 0 fully saturated rings. The predicted molar refractivity (Wildman–Crippen MR) is 65.2 cm³/mol. The van der Waals surface area contributed by atoms with Crippen molar-refractivity contribution >= 4 is 5.91 Å². The maximum atomic E-state index is 11.3. The highest BCUT2D eigenvalue weighted by molar-refractivity contribution is 5.91. The first-order chi connectivity index (χ1) is 8.56. The molecule has 2 atom stereocenters. The van der Waals surface area contributed by atoms with Crippen molar-refractivity contribution in [3.05, 3.63) is 11.4 Å². The molecule has 0 saturated carbocycles. The minimum Gasteiger partial charge on any atom is -0.382 e. The van der Waals surface area contributed by atoms with Crippen LogP contribution in [0.5, 0.6) is 0 Å². The maximum Gasteiger partial charge on any atom is 0.271 e. The van der Waals surface area contributed by atoms with Crippen molar-refractivity contribution in [3.63, 3.8) is 0 Å². The van der Waals surface area contributed by atoms with E-state index in [1.807, 2.05) is 13.8 Å². The fourth-order valence-corrected chi connectivity index (χ4v) is 1.79. The molecule has 0 spiro atoms. The molecule has 102 valence electrons. The molecule has 1 aromatic rings. The van der Waals surface area contributed by atoms with Crippen molar-refractivity contribution in [2.24, 2.45) is 5.73 Å². The van der Waals surface area contributed by atoms with Gasteiger partial charge in [-0.05, 0) is 13.3 Å². The summed E-state index contributed by atoms with van der Waals surface area (Å²) in [5, 5.41) is 7.84. The fourth-order valence-electron chi connectivity index (χ4n) is 1.79. The number of carbonyl (C=O) groups is 1. The van der Waals surface area contributed by atoms with Crippen molar-refractivity contribution in [2.45, 2.75) is 32.4 Å². The van der Waals surface area contributed by atoms with Gasteiger partial charge in [-0.15, -0.1) is 5.10 Å². The number of methoxy groups -OCH3 is 2. The van der Waals surface area contributed by atoms with Gasteiger partial charge in [0.05, 0.1) is 18.8 Å². The largest absolute Gasteiger partial charge is 0.382 e. The van der Waals surface area contributed by atoms with Crippen molar-refractivity contribution in [1.82, 2.24) is 15.0 Å². The molecule has 0 radical (unpaired) electrons. The molecule has 0 aromatic carbocycles. The Balaban J connectivity index is 3.22. The van der Waals surface area contributed by atoms with Crippen LogP contribution in [0, 0.1) is 0 Å². The summed E-state index contributed by atoms with van der Waals surface area (Å²) in [6, 6.07) is 0.00296. The van der Waals surface area contributed by atoms with Crippen molar-refractivity contribution < 1.29 is 14.3 Å². The summed E-state index contributed by atoms with van der Waals surface area (Å²) in [6.07, 6.45) is 0.493. The lowest BCUT2D eigenvalue weighted by Gasteiger charge is -2.19. The average Bonchev–Trinajstić information content (AvgIpc) is 2.79. The number of carbonyl (C=O) groups excluding carboxylic acids is 1. The van der Waals surface area contributed by atoms with Gasteiger partial charge >= 0.3 is 0 Å². The monoisotopic (exact) mass is 256 g/mol. The summed E-state index contributed by atoms with van der Waals surface area (Å²) < 4.78 is 12.1. The Kier molecular flexibility index (Phi) is 5.24. The number of aromatic nitrogens is 3. The molecule has 18 heavy (non-hydrogen) atoms. The third-order valence-electron chi connectivity index (χ3n) is 2.88. The third kappa shape index (κ3) is 2.85. The maximum absolute atomic E-state index is 11.3. The van der Waals surface area contributed by atoms with E-state index in [9.17, 15) is 4.79 Å². The molecule has 1 heterocycles. The Bertz CT molecular complexity index is 405. The van der Waals surface area contributed by atoms with Gasteiger partial charge < -0.3 is 15.2 Å². The number of nitrogens with zero attached hydrogens (tertiary/aromatic N) is 3. The van der Waals surface area contributed by atoms with Gasteiger partial charge in [-0.1, -0.05) is 12.1 Å². The van der Waals surface area contributed by atoms with E-state index in [1.54, 1.807) is 18.9 Å². The van der Waals surface area contributed by atoms with Crippen LogP contribution >= 0.6 is 0 Å². The Morgan fingerprint density at radius 2 is 2.17 bits per heavy atom. The molecule has 1 amide bonds. The van der Waals surface area contributed by atoms with Gasteiger partial charge in [-0.3, -0.25) is 4.79 Å². The van der Waals surface area contributed by atoms with Gasteiger partial charge in [0.15, 0.2) is 5.69 Å². The highest BCUT2D eigenvalue weighted by atomic mass is 16.5. The second kappa shape index (κ2) is 6.46. The number of primary amides is 1. The van der Waals surface area contributed by atoms with Crippen LogP contribution in [0.1, 0.15) is 48.6 Å². The first-order valence-corrected chi connectivity index (χ1v) is 5.83. The van der Waals surface area contributed by atoms with Gasteiger partial charge in [-0.2, -0.15) is 0 Å². The lowest BCUT2D eigenvalue weighted by Crippen LogP contribution is -2.22. The van der Waals surface area contributed by atoms with Crippen molar-refractivity contribution in [2.75, 3.05) is 20.8 Å². The van der Waals surface area contributed by atoms with Crippen LogP contribution in [0.15, 0.2) is 0 Å². The lowest BCUT2D eigenvalue weighted by molar-refractivity contribution is 0.0926.